The Kier molecular flexibility index (Phi) is 4.29. The lowest BCUT2D eigenvalue weighted by molar-refractivity contribution is 0.415. The molecule has 2 aromatic rings. The maximum Gasteiger partial charge on any atom is 0.139 e. The van der Waals surface area contributed by atoms with Gasteiger partial charge in [-0.3, -0.25) is 0 Å². The summed E-state index contributed by atoms with van der Waals surface area (Å²) < 4.78 is 5.10. The standard InChI is InChI=1S/C15H12Cl2O/c1-18-13-10-9-12(14(16)15(13)17)8-7-11-5-3-2-4-6-11/h2-10H,1H3. The summed E-state index contributed by atoms with van der Waals surface area (Å²) in [5, 5.41) is 0.942. The van der Waals surface area contributed by atoms with Gasteiger partial charge in [0.15, 0.2) is 0 Å². The fourth-order valence-electron chi connectivity index (χ4n) is 1.58. The molecular formula is C15H12Cl2O. The molecule has 3 heteroatoms. The molecule has 0 atom stereocenters. The van der Waals surface area contributed by atoms with Crippen molar-refractivity contribution in [2.75, 3.05) is 7.11 Å². The zero-order valence-electron chi connectivity index (χ0n) is 9.86. The summed E-state index contributed by atoms with van der Waals surface area (Å²) in [6.45, 7) is 0. The number of ether oxygens (including phenoxy) is 1. The molecule has 0 spiro atoms. The van der Waals surface area contributed by atoms with Gasteiger partial charge in [-0.05, 0) is 23.3 Å². The summed E-state index contributed by atoms with van der Waals surface area (Å²) in [5.74, 6) is 0.582. The minimum atomic E-state index is 0.439. The van der Waals surface area contributed by atoms with Gasteiger partial charge in [0, 0.05) is 0 Å². The number of methoxy groups -OCH3 is 1. The molecule has 0 aliphatic rings. The molecule has 2 rings (SSSR count). The van der Waals surface area contributed by atoms with Crippen molar-refractivity contribution < 1.29 is 4.74 Å². The van der Waals surface area contributed by atoms with Crippen molar-refractivity contribution >= 4 is 35.4 Å². The first-order valence-corrected chi connectivity index (χ1v) is 6.23. The average molecular weight is 279 g/mol. The van der Waals surface area contributed by atoms with Gasteiger partial charge in [-0.1, -0.05) is 65.7 Å². The normalized spacial score (nSPS) is 10.8. The Morgan fingerprint density at radius 3 is 2.28 bits per heavy atom. The average Bonchev–Trinajstić information content (AvgIpc) is 2.42. The maximum atomic E-state index is 6.18. The second-order valence-corrected chi connectivity index (χ2v) is 4.48. The first-order chi connectivity index (χ1) is 8.72. The molecule has 0 saturated heterocycles. The van der Waals surface area contributed by atoms with E-state index in [1.54, 1.807) is 13.2 Å². The van der Waals surface area contributed by atoms with Gasteiger partial charge in [0.2, 0.25) is 0 Å². The fraction of sp³-hybridized carbons (Fsp3) is 0.0667. The molecule has 18 heavy (non-hydrogen) atoms. The van der Waals surface area contributed by atoms with E-state index < -0.39 is 0 Å². The van der Waals surface area contributed by atoms with E-state index in [4.69, 9.17) is 27.9 Å². The Balaban J connectivity index is 2.30. The van der Waals surface area contributed by atoms with Crippen molar-refractivity contribution in [2.24, 2.45) is 0 Å². The predicted molar refractivity (Wildman–Crippen MR) is 78.4 cm³/mol. The van der Waals surface area contributed by atoms with Crippen LogP contribution in [0.4, 0.5) is 0 Å². The fourth-order valence-corrected chi connectivity index (χ4v) is 2.05. The van der Waals surface area contributed by atoms with Gasteiger partial charge < -0.3 is 4.74 Å². The second kappa shape index (κ2) is 5.94. The molecule has 0 aromatic heterocycles. The summed E-state index contributed by atoms with van der Waals surface area (Å²) in [6, 6.07) is 13.7. The maximum absolute atomic E-state index is 6.18. The van der Waals surface area contributed by atoms with E-state index in [2.05, 4.69) is 0 Å². The highest BCUT2D eigenvalue weighted by atomic mass is 35.5. The van der Waals surface area contributed by atoms with Crippen LogP contribution in [0.1, 0.15) is 11.1 Å². The van der Waals surface area contributed by atoms with Crippen LogP contribution < -0.4 is 4.74 Å². The lowest BCUT2D eigenvalue weighted by Crippen LogP contribution is -1.86. The van der Waals surface area contributed by atoms with Gasteiger partial charge in [-0.25, -0.2) is 0 Å². The topological polar surface area (TPSA) is 9.23 Å². The Morgan fingerprint density at radius 1 is 0.889 bits per heavy atom. The van der Waals surface area contributed by atoms with E-state index in [1.165, 1.54) is 0 Å². The van der Waals surface area contributed by atoms with Crippen molar-refractivity contribution in [3.05, 3.63) is 63.6 Å². The van der Waals surface area contributed by atoms with Crippen LogP contribution in [0.15, 0.2) is 42.5 Å². The Labute approximate surface area is 117 Å². The largest absolute Gasteiger partial charge is 0.495 e. The minimum Gasteiger partial charge on any atom is -0.495 e. The smallest absolute Gasteiger partial charge is 0.139 e. The third-order valence-corrected chi connectivity index (χ3v) is 3.43. The summed E-state index contributed by atoms with van der Waals surface area (Å²) in [4.78, 5) is 0. The Bertz CT molecular complexity index is 562. The summed E-state index contributed by atoms with van der Waals surface area (Å²) >= 11 is 12.3. The van der Waals surface area contributed by atoms with Gasteiger partial charge in [-0.2, -0.15) is 0 Å². The van der Waals surface area contributed by atoms with Crippen LogP contribution in [-0.4, -0.2) is 7.11 Å². The molecule has 0 N–H and O–H groups in total. The van der Waals surface area contributed by atoms with Crippen LogP contribution in [0, 0.1) is 0 Å². The van der Waals surface area contributed by atoms with Crippen molar-refractivity contribution in [3.8, 4) is 5.75 Å². The second-order valence-electron chi connectivity index (χ2n) is 3.73. The van der Waals surface area contributed by atoms with Crippen LogP contribution in [0.5, 0.6) is 5.75 Å². The van der Waals surface area contributed by atoms with Crippen molar-refractivity contribution in [2.45, 2.75) is 0 Å². The molecule has 0 unspecified atom stereocenters. The monoisotopic (exact) mass is 278 g/mol. The zero-order valence-corrected chi connectivity index (χ0v) is 11.4. The number of hydrogen-bond acceptors (Lipinski definition) is 1. The van der Waals surface area contributed by atoms with Crippen molar-refractivity contribution in [1.82, 2.24) is 0 Å². The molecule has 2 aromatic carbocycles. The van der Waals surface area contributed by atoms with E-state index in [0.29, 0.717) is 15.8 Å². The highest BCUT2D eigenvalue weighted by molar-refractivity contribution is 6.43. The Hall–Kier alpha value is -1.44. The lowest BCUT2D eigenvalue weighted by Gasteiger charge is -2.06. The van der Waals surface area contributed by atoms with Gasteiger partial charge >= 0.3 is 0 Å². The van der Waals surface area contributed by atoms with Gasteiger partial charge in [0.05, 0.1) is 12.1 Å². The molecule has 0 heterocycles. The van der Waals surface area contributed by atoms with Crippen molar-refractivity contribution in [1.29, 1.82) is 0 Å². The van der Waals surface area contributed by atoms with Gasteiger partial charge in [0.1, 0.15) is 10.8 Å². The first kappa shape index (κ1) is 13.0. The predicted octanol–water partition coefficient (Wildman–Crippen LogP) is 5.17. The molecule has 0 radical (unpaired) electrons. The molecule has 0 bridgehead atoms. The third kappa shape index (κ3) is 2.87. The molecule has 1 nitrogen and oxygen atoms in total. The van der Waals surface area contributed by atoms with Crippen molar-refractivity contribution in [3.63, 3.8) is 0 Å². The Morgan fingerprint density at radius 2 is 1.61 bits per heavy atom. The van der Waals surface area contributed by atoms with Gasteiger partial charge in [-0.15, -0.1) is 0 Å². The molecule has 0 fully saturated rings. The van der Waals surface area contributed by atoms with E-state index in [-0.39, 0.29) is 0 Å². The van der Waals surface area contributed by atoms with Crippen LogP contribution in [0.25, 0.3) is 12.2 Å². The molecule has 0 saturated carbocycles. The quantitative estimate of drug-likeness (QED) is 0.704. The van der Waals surface area contributed by atoms with E-state index in [0.717, 1.165) is 11.1 Å². The van der Waals surface area contributed by atoms with E-state index in [9.17, 15) is 0 Å². The van der Waals surface area contributed by atoms with E-state index >= 15 is 0 Å². The van der Waals surface area contributed by atoms with Crippen LogP contribution in [0.3, 0.4) is 0 Å². The summed E-state index contributed by atoms with van der Waals surface area (Å²) in [5.41, 5.74) is 1.98. The minimum absolute atomic E-state index is 0.439. The van der Waals surface area contributed by atoms with Crippen LogP contribution in [-0.2, 0) is 0 Å². The van der Waals surface area contributed by atoms with Gasteiger partial charge in [0.25, 0.3) is 0 Å². The first-order valence-electron chi connectivity index (χ1n) is 5.47. The van der Waals surface area contributed by atoms with E-state index in [1.807, 2.05) is 48.6 Å². The number of benzene rings is 2. The molecular weight excluding hydrogens is 267 g/mol. The molecule has 92 valence electrons. The van der Waals surface area contributed by atoms with Crippen LogP contribution >= 0.6 is 23.2 Å². The highest BCUT2D eigenvalue weighted by Crippen LogP contribution is 2.35. The SMILES string of the molecule is COc1ccc(C=Cc2ccccc2)c(Cl)c1Cl. The highest BCUT2D eigenvalue weighted by Gasteiger charge is 2.08. The summed E-state index contributed by atoms with van der Waals surface area (Å²) in [7, 11) is 1.57. The number of halogens is 2. The molecule has 0 aliphatic carbocycles. The zero-order chi connectivity index (χ0) is 13.0. The lowest BCUT2D eigenvalue weighted by atomic mass is 10.1. The number of rotatable bonds is 3. The third-order valence-electron chi connectivity index (χ3n) is 2.55. The number of hydrogen-bond donors (Lipinski definition) is 0. The summed E-state index contributed by atoms with van der Waals surface area (Å²) in [6.07, 6.45) is 3.92. The molecule has 0 amide bonds. The van der Waals surface area contributed by atoms with Crippen LogP contribution in [0.2, 0.25) is 10.0 Å². The molecule has 0 aliphatic heterocycles.